The van der Waals surface area contributed by atoms with Gasteiger partial charge >= 0.3 is 5.97 Å². The summed E-state index contributed by atoms with van der Waals surface area (Å²) in [5, 5.41) is 22.0. The first-order chi connectivity index (χ1) is 20.4. The van der Waals surface area contributed by atoms with Crippen molar-refractivity contribution in [3.63, 3.8) is 0 Å². The number of carboxylic acids is 1. The molecular formula is C32H36ClNO8. The van der Waals surface area contributed by atoms with Crippen LogP contribution in [0.25, 0.3) is 11.1 Å². The number of carbonyl (C=O) groups is 1. The molecule has 9 nitrogen and oxygen atoms in total. The summed E-state index contributed by atoms with van der Waals surface area (Å²) in [7, 11) is 0. The number of carboxylic acid groups (broad SMARTS) is 1. The zero-order valence-corrected chi connectivity index (χ0v) is 24.3. The number of benzene rings is 3. The molecule has 0 aliphatic carbocycles. The summed E-state index contributed by atoms with van der Waals surface area (Å²) < 4.78 is 29.4. The predicted molar refractivity (Wildman–Crippen MR) is 158 cm³/mol. The Labute approximate surface area is 250 Å². The number of aliphatic hydroxyl groups excluding tert-OH is 1. The molecule has 2 aliphatic rings. The summed E-state index contributed by atoms with van der Waals surface area (Å²) in [5.74, 6) is 1.72. The van der Waals surface area contributed by atoms with E-state index in [9.17, 15) is 15.0 Å². The Morgan fingerprint density at radius 3 is 2.55 bits per heavy atom. The lowest BCUT2D eigenvalue weighted by Crippen LogP contribution is -2.39. The van der Waals surface area contributed by atoms with Crippen molar-refractivity contribution in [1.29, 1.82) is 0 Å². The highest BCUT2D eigenvalue weighted by molar-refractivity contribution is 6.32. The smallest absolute Gasteiger partial charge is 0.323 e. The number of hydrogen-bond donors (Lipinski definition) is 3. The summed E-state index contributed by atoms with van der Waals surface area (Å²) in [4.78, 5) is 11.4. The first kappa shape index (κ1) is 30.0. The highest BCUT2D eigenvalue weighted by atomic mass is 35.5. The third kappa shape index (κ3) is 7.28. The van der Waals surface area contributed by atoms with Crippen molar-refractivity contribution >= 4 is 17.6 Å². The Hall–Kier alpha value is -3.50. The van der Waals surface area contributed by atoms with Gasteiger partial charge in [0, 0.05) is 31.4 Å². The second-order valence-electron chi connectivity index (χ2n) is 10.4. The van der Waals surface area contributed by atoms with Crippen LogP contribution in [0.2, 0.25) is 5.02 Å². The third-order valence-corrected chi connectivity index (χ3v) is 7.93. The van der Waals surface area contributed by atoms with Crippen molar-refractivity contribution in [3.05, 3.63) is 70.2 Å². The topological polar surface area (TPSA) is 116 Å². The van der Waals surface area contributed by atoms with Gasteiger partial charge in [0.1, 0.15) is 37.4 Å². The highest BCUT2D eigenvalue weighted by Crippen LogP contribution is 2.37. The number of hydrogen-bond acceptors (Lipinski definition) is 8. The van der Waals surface area contributed by atoms with Crippen molar-refractivity contribution in [2.45, 2.75) is 39.0 Å². The summed E-state index contributed by atoms with van der Waals surface area (Å²) in [6.45, 7) is 4.95. The lowest BCUT2D eigenvalue weighted by molar-refractivity contribution is -0.140. The van der Waals surface area contributed by atoms with E-state index in [4.69, 9.17) is 35.3 Å². The third-order valence-electron chi connectivity index (χ3n) is 7.63. The first-order valence-electron chi connectivity index (χ1n) is 14.1. The molecule has 5 rings (SSSR count). The van der Waals surface area contributed by atoms with Crippen LogP contribution in [0.15, 0.2) is 48.5 Å². The zero-order chi connectivity index (χ0) is 29.5. The van der Waals surface area contributed by atoms with E-state index in [1.165, 1.54) is 0 Å². The average molecular weight is 598 g/mol. The lowest BCUT2D eigenvalue weighted by atomic mass is 9.96. The minimum atomic E-state index is -1.14. The Balaban J connectivity index is 1.34. The van der Waals surface area contributed by atoms with Gasteiger partial charge in [-0.2, -0.15) is 0 Å². The van der Waals surface area contributed by atoms with Gasteiger partial charge < -0.3 is 33.9 Å². The van der Waals surface area contributed by atoms with E-state index in [2.05, 4.69) is 18.3 Å². The quantitative estimate of drug-likeness (QED) is 0.265. The van der Waals surface area contributed by atoms with Crippen LogP contribution in [0.1, 0.15) is 29.5 Å². The van der Waals surface area contributed by atoms with E-state index in [1.54, 1.807) is 12.1 Å². The van der Waals surface area contributed by atoms with Crippen molar-refractivity contribution in [3.8, 4) is 34.1 Å². The molecule has 0 spiro atoms. The lowest BCUT2D eigenvalue weighted by Gasteiger charge is -2.23. The fourth-order valence-electron chi connectivity index (χ4n) is 5.06. The van der Waals surface area contributed by atoms with Gasteiger partial charge in [-0.15, -0.1) is 0 Å². The van der Waals surface area contributed by atoms with Crippen LogP contribution < -0.4 is 24.3 Å². The minimum Gasteiger partial charge on any atom is -0.493 e. The molecule has 0 bridgehead atoms. The number of aliphatic hydroxyl groups is 1. The van der Waals surface area contributed by atoms with E-state index in [0.717, 1.165) is 46.6 Å². The Bertz CT molecular complexity index is 1390. The predicted octanol–water partition coefficient (Wildman–Crippen LogP) is 5.01. The van der Waals surface area contributed by atoms with E-state index < -0.39 is 18.6 Å². The highest BCUT2D eigenvalue weighted by Gasteiger charge is 2.20. The molecule has 0 amide bonds. The number of ether oxygens (including phenoxy) is 5. The van der Waals surface area contributed by atoms with Crippen LogP contribution in [0.5, 0.6) is 23.0 Å². The van der Waals surface area contributed by atoms with Crippen LogP contribution >= 0.6 is 11.6 Å². The van der Waals surface area contributed by atoms with E-state index in [1.807, 2.05) is 30.3 Å². The Morgan fingerprint density at radius 2 is 1.79 bits per heavy atom. The molecule has 1 unspecified atom stereocenters. The van der Waals surface area contributed by atoms with Gasteiger partial charge in [-0.25, -0.2) is 0 Å². The summed E-state index contributed by atoms with van der Waals surface area (Å²) in [6, 6.07) is 14.4. The standard InChI is InChI=1S/C32H36ClNO8/c1-20-23(3-2-4-25(20)22-5-6-28-31(14-22)40-12-11-39-28)19-42-30-15-29(41-18-21-7-9-38-10-8-21)24(13-26(30)33)16-34-27(17-35)32(36)37/h2-6,13-15,21,27,34-35H,7-12,16-19H2,1H3,(H,36,37). The van der Waals surface area contributed by atoms with Gasteiger partial charge in [0.05, 0.1) is 18.2 Å². The van der Waals surface area contributed by atoms with Crippen molar-refractivity contribution in [2.24, 2.45) is 5.92 Å². The van der Waals surface area contributed by atoms with Gasteiger partial charge in [-0.3, -0.25) is 10.1 Å². The molecule has 10 heteroatoms. The number of nitrogens with one attached hydrogen (secondary N) is 1. The second kappa shape index (κ2) is 14.1. The molecule has 2 aliphatic heterocycles. The number of rotatable bonds is 12. The summed E-state index contributed by atoms with van der Waals surface area (Å²) >= 11 is 6.65. The van der Waals surface area contributed by atoms with Gasteiger partial charge in [-0.1, -0.05) is 35.9 Å². The largest absolute Gasteiger partial charge is 0.493 e. The van der Waals surface area contributed by atoms with Gasteiger partial charge in [0.2, 0.25) is 0 Å². The number of aliphatic carboxylic acids is 1. The fourth-order valence-corrected chi connectivity index (χ4v) is 5.30. The molecule has 2 heterocycles. The van der Waals surface area contributed by atoms with E-state index in [0.29, 0.717) is 61.0 Å². The molecular weight excluding hydrogens is 562 g/mol. The van der Waals surface area contributed by atoms with E-state index >= 15 is 0 Å². The maximum atomic E-state index is 11.4. The van der Waals surface area contributed by atoms with Crippen LogP contribution in [0.4, 0.5) is 0 Å². The van der Waals surface area contributed by atoms with Gasteiger partial charge in [-0.05, 0) is 66.1 Å². The van der Waals surface area contributed by atoms with Crippen molar-refractivity contribution < 1.29 is 38.7 Å². The van der Waals surface area contributed by atoms with Crippen molar-refractivity contribution in [1.82, 2.24) is 5.32 Å². The normalized spacial score (nSPS) is 15.7. The van der Waals surface area contributed by atoms with E-state index in [-0.39, 0.29) is 13.2 Å². The van der Waals surface area contributed by atoms with Crippen molar-refractivity contribution in [2.75, 3.05) is 39.6 Å². The minimum absolute atomic E-state index is 0.150. The summed E-state index contributed by atoms with van der Waals surface area (Å²) in [5.41, 5.74) is 4.85. The Kier molecular flexibility index (Phi) is 10.1. The average Bonchev–Trinajstić information content (AvgIpc) is 3.01. The van der Waals surface area contributed by atoms with Crippen LogP contribution in [0, 0.1) is 12.8 Å². The molecule has 0 aromatic heterocycles. The molecule has 0 radical (unpaired) electrons. The number of fused-ring (bicyclic) bond motifs is 1. The molecule has 3 N–H and O–H groups in total. The molecule has 1 fully saturated rings. The first-order valence-corrected chi connectivity index (χ1v) is 14.5. The van der Waals surface area contributed by atoms with Gasteiger partial charge in [0.15, 0.2) is 11.5 Å². The van der Waals surface area contributed by atoms with Crippen LogP contribution in [-0.4, -0.2) is 61.9 Å². The maximum absolute atomic E-state index is 11.4. The molecule has 1 saturated heterocycles. The molecule has 3 aromatic rings. The molecule has 224 valence electrons. The van der Waals surface area contributed by atoms with Crippen LogP contribution in [0.3, 0.4) is 0 Å². The number of halogens is 1. The fraction of sp³-hybridized carbons (Fsp3) is 0.406. The molecule has 42 heavy (non-hydrogen) atoms. The molecule has 1 atom stereocenters. The Morgan fingerprint density at radius 1 is 1.00 bits per heavy atom. The summed E-state index contributed by atoms with van der Waals surface area (Å²) in [6.07, 6.45) is 1.82. The SMILES string of the molecule is Cc1c(COc2cc(OCC3CCOCC3)c(CNC(CO)C(=O)O)cc2Cl)cccc1-c1ccc2c(c1)OCCO2. The van der Waals surface area contributed by atoms with Gasteiger partial charge in [0.25, 0.3) is 0 Å². The monoisotopic (exact) mass is 597 g/mol. The maximum Gasteiger partial charge on any atom is 0.323 e. The second-order valence-corrected chi connectivity index (χ2v) is 10.9. The molecule has 3 aromatic carbocycles. The zero-order valence-electron chi connectivity index (χ0n) is 23.6. The van der Waals surface area contributed by atoms with Crippen LogP contribution in [-0.2, 0) is 22.7 Å². The molecule has 0 saturated carbocycles.